The molecule has 0 amide bonds. The van der Waals surface area contributed by atoms with Gasteiger partial charge in [-0.15, -0.1) is 11.3 Å². The molecule has 0 spiro atoms. The summed E-state index contributed by atoms with van der Waals surface area (Å²) >= 11 is 7.73. The highest BCUT2D eigenvalue weighted by Crippen LogP contribution is 2.27. The topological polar surface area (TPSA) is 12.0 Å². The average Bonchev–Trinajstić information content (AvgIpc) is 2.84. The molecule has 0 saturated carbocycles. The Hall–Kier alpha value is -0.830. The zero-order valence-corrected chi connectivity index (χ0v) is 13.7. The molecule has 20 heavy (non-hydrogen) atoms. The minimum Gasteiger partial charge on any atom is -0.316 e. The predicted octanol–water partition coefficient (Wildman–Crippen LogP) is 5.04. The van der Waals surface area contributed by atoms with Crippen LogP contribution in [0.15, 0.2) is 36.4 Å². The molecule has 0 fully saturated rings. The van der Waals surface area contributed by atoms with E-state index in [4.69, 9.17) is 11.6 Å². The molecule has 3 heteroatoms. The Bertz CT molecular complexity index is 518. The summed E-state index contributed by atoms with van der Waals surface area (Å²) in [4.78, 5) is 1.36. The van der Waals surface area contributed by atoms with Crippen LogP contribution >= 0.6 is 22.9 Å². The molecule has 1 aromatic heterocycles. The molecular formula is C17H22ClNS. The zero-order chi connectivity index (χ0) is 14.4. The SMILES string of the molecule is CCCNCC(Cc1ccc(Cl)s1)c1ccc(C)cc1. The third kappa shape index (κ3) is 4.62. The van der Waals surface area contributed by atoms with Crippen molar-refractivity contribution in [3.63, 3.8) is 0 Å². The van der Waals surface area contributed by atoms with Crippen LogP contribution in [0.25, 0.3) is 0 Å². The molecule has 1 N–H and O–H groups in total. The molecule has 1 unspecified atom stereocenters. The summed E-state index contributed by atoms with van der Waals surface area (Å²) in [6.45, 7) is 6.43. The highest BCUT2D eigenvalue weighted by Gasteiger charge is 2.13. The van der Waals surface area contributed by atoms with Crippen molar-refractivity contribution in [1.82, 2.24) is 5.32 Å². The van der Waals surface area contributed by atoms with Crippen molar-refractivity contribution in [2.75, 3.05) is 13.1 Å². The van der Waals surface area contributed by atoms with Gasteiger partial charge in [-0.2, -0.15) is 0 Å². The van der Waals surface area contributed by atoms with Crippen molar-refractivity contribution in [2.45, 2.75) is 32.6 Å². The van der Waals surface area contributed by atoms with Crippen LogP contribution in [0.2, 0.25) is 4.34 Å². The number of halogens is 1. The fourth-order valence-corrected chi connectivity index (χ4v) is 3.47. The molecule has 2 aromatic rings. The molecule has 1 nitrogen and oxygen atoms in total. The fourth-order valence-electron chi connectivity index (χ4n) is 2.30. The van der Waals surface area contributed by atoms with Crippen molar-refractivity contribution in [1.29, 1.82) is 0 Å². The predicted molar refractivity (Wildman–Crippen MR) is 90.1 cm³/mol. The Balaban J connectivity index is 2.09. The summed E-state index contributed by atoms with van der Waals surface area (Å²) in [6, 6.07) is 13.0. The standard InChI is InChI=1S/C17H22ClNS/c1-3-10-19-12-15(11-16-8-9-17(18)20-16)14-6-4-13(2)5-7-14/h4-9,15,19H,3,10-12H2,1-2H3. The Morgan fingerprint density at radius 1 is 1.15 bits per heavy atom. The van der Waals surface area contributed by atoms with Gasteiger partial charge in [0.2, 0.25) is 0 Å². The maximum absolute atomic E-state index is 6.04. The number of aryl methyl sites for hydroxylation is 1. The Labute approximate surface area is 131 Å². The first kappa shape index (κ1) is 15.6. The van der Waals surface area contributed by atoms with Crippen LogP contribution in [-0.4, -0.2) is 13.1 Å². The van der Waals surface area contributed by atoms with Crippen LogP contribution < -0.4 is 5.32 Å². The largest absolute Gasteiger partial charge is 0.316 e. The van der Waals surface area contributed by atoms with Gasteiger partial charge in [-0.05, 0) is 44.0 Å². The van der Waals surface area contributed by atoms with Crippen molar-refractivity contribution in [3.05, 3.63) is 56.7 Å². The summed E-state index contributed by atoms with van der Waals surface area (Å²) in [6.07, 6.45) is 2.22. The second-order valence-corrected chi connectivity index (χ2v) is 7.02. The minimum absolute atomic E-state index is 0.511. The number of benzene rings is 1. The van der Waals surface area contributed by atoms with Gasteiger partial charge in [0.1, 0.15) is 0 Å². The zero-order valence-electron chi connectivity index (χ0n) is 12.2. The van der Waals surface area contributed by atoms with E-state index in [1.807, 2.05) is 6.07 Å². The van der Waals surface area contributed by atoms with E-state index >= 15 is 0 Å². The molecule has 1 heterocycles. The van der Waals surface area contributed by atoms with E-state index in [0.29, 0.717) is 5.92 Å². The van der Waals surface area contributed by atoms with Crippen molar-refractivity contribution >= 4 is 22.9 Å². The molecule has 108 valence electrons. The number of thiophene rings is 1. The van der Waals surface area contributed by atoms with Gasteiger partial charge in [0, 0.05) is 17.3 Å². The third-order valence-corrected chi connectivity index (χ3v) is 4.70. The van der Waals surface area contributed by atoms with E-state index in [2.05, 4.69) is 49.5 Å². The smallest absolute Gasteiger partial charge is 0.0931 e. The molecule has 1 atom stereocenters. The van der Waals surface area contributed by atoms with Gasteiger partial charge in [0.25, 0.3) is 0 Å². The van der Waals surface area contributed by atoms with Gasteiger partial charge < -0.3 is 5.32 Å². The van der Waals surface area contributed by atoms with E-state index < -0.39 is 0 Å². The van der Waals surface area contributed by atoms with Crippen LogP contribution in [0, 0.1) is 6.92 Å². The van der Waals surface area contributed by atoms with Crippen molar-refractivity contribution < 1.29 is 0 Å². The number of nitrogens with one attached hydrogen (secondary N) is 1. The van der Waals surface area contributed by atoms with Gasteiger partial charge in [-0.1, -0.05) is 48.4 Å². The average molecular weight is 308 g/mol. The van der Waals surface area contributed by atoms with Gasteiger partial charge >= 0.3 is 0 Å². The molecule has 0 aliphatic carbocycles. The van der Waals surface area contributed by atoms with Gasteiger partial charge in [-0.3, -0.25) is 0 Å². The monoisotopic (exact) mass is 307 g/mol. The number of rotatable bonds is 7. The lowest BCUT2D eigenvalue weighted by Crippen LogP contribution is -2.23. The summed E-state index contributed by atoms with van der Waals surface area (Å²) < 4.78 is 0.879. The first-order valence-corrected chi connectivity index (χ1v) is 8.40. The van der Waals surface area contributed by atoms with Gasteiger partial charge in [-0.25, -0.2) is 0 Å². The molecule has 1 aromatic carbocycles. The summed E-state index contributed by atoms with van der Waals surface area (Å²) in [5, 5.41) is 3.55. The van der Waals surface area contributed by atoms with Gasteiger partial charge in [0.05, 0.1) is 4.34 Å². The first-order valence-electron chi connectivity index (χ1n) is 7.20. The molecule has 0 aliphatic heterocycles. The maximum atomic E-state index is 6.04. The van der Waals surface area contributed by atoms with Crippen LogP contribution in [0.4, 0.5) is 0 Å². The summed E-state index contributed by atoms with van der Waals surface area (Å²) in [7, 11) is 0. The highest BCUT2D eigenvalue weighted by molar-refractivity contribution is 7.16. The number of hydrogen-bond donors (Lipinski definition) is 1. The molecule has 2 rings (SSSR count). The minimum atomic E-state index is 0.511. The summed E-state index contributed by atoms with van der Waals surface area (Å²) in [5.41, 5.74) is 2.72. The van der Waals surface area contributed by atoms with Crippen LogP contribution in [0.3, 0.4) is 0 Å². The molecule has 0 radical (unpaired) electrons. The second kappa shape index (κ2) is 7.82. The van der Waals surface area contributed by atoms with E-state index in [0.717, 1.165) is 23.8 Å². The van der Waals surface area contributed by atoms with Crippen molar-refractivity contribution in [3.8, 4) is 0 Å². The third-order valence-electron chi connectivity index (χ3n) is 3.44. The van der Waals surface area contributed by atoms with Gasteiger partial charge in [0.15, 0.2) is 0 Å². The molecule has 0 aliphatic rings. The lowest BCUT2D eigenvalue weighted by Gasteiger charge is -2.17. The Morgan fingerprint density at radius 3 is 2.50 bits per heavy atom. The maximum Gasteiger partial charge on any atom is 0.0931 e. The molecular weight excluding hydrogens is 286 g/mol. The highest BCUT2D eigenvalue weighted by atomic mass is 35.5. The van der Waals surface area contributed by atoms with E-state index in [1.54, 1.807) is 11.3 Å². The van der Waals surface area contributed by atoms with Crippen molar-refractivity contribution in [2.24, 2.45) is 0 Å². The summed E-state index contributed by atoms with van der Waals surface area (Å²) in [5.74, 6) is 0.511. The van der Waals surface area contributed by atoms with Crippen LogP contribution in [0.5, 0.6) is 0 Å². The Morgan fingerprint density at radius 2 is 1.90 bits per heavy atom. The normalized spacial score (nSPS) is 12.6. The molecule has 0 bridgehead atoms. The fraction of sp³-hybridized carbons (Fsp3) is 0.412. The van der Waals surface area contributed by atoms with E-state index in [-0.39, 0.29) is 0 Å². The van der Waals surface area contributed by atoms with E-state index in [9.17, 15) is 0 Å². The van der Waals surface area contributed by atoms with E-state index in [1.165, 1.54) is 22.4 Å². The Kier molecular flexibility index (Phi) is 6.08. The molecule has 0 saturated heterocycles. The quantitative estimate of drug-likeness (QED) is 0.707. The lowest BCUT2D eigenvalue weighted by atomic mass is 9.94. The van der Waals surface area contributed by atoms with Crippen LogP contribution in [-0.2, 0) is 6.42 Å². The van der Waals surface area contributed by atoms with Crippen LogP contribution in [0.1, 0.15) is 35.3 Å². The number of hydrogen-bond acceptors (Lipinski definition) is 2. The second-order valence-electron chi connectivity index (χ2n) is 5.22. The lowest BCUT2D eigenvalue weighted by molar-refractivity contribution is 0.579. The first-order chi connectivity index (χ1) is 9.69.